The summed E-state index contributed by atoms with van der Waals surface area (Å²) >= 11 is 1.05. The molecule has 1 aliphatic rings. The van der Waals surface area contributed by atoms with E-state index < -0.39 is 17.0 Å². The summed E-state index contributed by atoms with van der Waals surface area (Å²) < 4.78 is 1.18. The number of benzene rings is 1. The first-order valence-corrected chi connectivity index (χ1v) is 10.0. The van der Waals surface area contributed by atoms with E-state index in [0.29, 0.717) is 17.3 Å². The van der Waals surface area contributed by atoms with Gasteiger partial charge in [0.15, 0.2) is 11.0 Å². The van der Waals surface area contributed by atoms with E-state index in [4.69, 9.17) is 5.73 Å². The molecule has 0 saturated carbocycles. The quantitative estimate of drug-likeness (QED) is 0.681. The summed E-state index contributed by atoms with van der Waals surface area (Å²) in [5, 5.41) is 0.379. The molecule has 0 bridgehead atoms. The van der Waals surface area contributed by atoms with Gasteiger partial charge < -0.3 is 5.73 Å². The van der Waals surface area contributed by atoms with Gasteiger partial charge in [-0.05, 0) is 25.5 Å². The Kier molecular flexibility index (Phi) is 6.02. The maximum Gasteiger partial charge on any atom is 0.329 e. The summed E-state index contributed by atoms with van der Waals surface area (Å²) in [4.78, 5) is 56.8. The lowest BCUT2D eigenvalue weighted by Gasteiger charge is -2.18. The lowest BCUT2D eigenvalue weighted by Crippen LogP contribution is -2.37. The minimum atomic E-state index is -0.815. The Labute approximate surface area is 170 Å². The number of carbonyl (C=O) groups is 2. The zero-order chi connectivity index (χ0) is 21.1. The second kappa shape index (κ2) is 8.48. The highest BCUT2D eigenvalue weighted by Crippen LogP contribution is 2.25. The number of amidine groups is 1. The van der Waals surface area contributed by atoms with Crippen molar-refractivity contribution in [3.63, 3.8) is 0 Å². The van der Waals surface area contributed by atoms with Crippen LogP contribution in [-0.2, 0) is 11.3 Å². The van der Waals surface area contributed by atoms with Crippen molar-refractivity contribution in [2.45, 2.75) is 26.8 Å². The molecular weight excluding hydrogens is 394 g/mol. The topological polar surface area (TPSA) is 131 Å². The van der Waals surface area contributed by atoms with Gasteiger partial charge in [0.25, 0.3) is 11.5 Å². The van der Waals surface area contributed by atoms with Crippen LogP contribution in [0.1, 0.15) is 29.3 Å². The predicted octanol–water partition coefficient (Wildman–Crippen LogP) is 1.16. The Morgan fingerprint density at radius 3 is 2.59 bits per heavy atom. The van der Waals surface area contributed by atoms with Crippen molar-refractivity contribution in [3.05, 3.63) is 56.2 Å². The third-order valence-corrected chi connectivity index (χ3v) is 5.36. The van der Waals surface area contributed by atoms with Gasteiger partial charge in [0.1, 0.15) is 17.9 Å². The van der Waals surface area contributed by atoms with Crippen molar-refractivity contribution < 1.29 is 9.59 Å². The van der Waals surface area contributed by atoms with Crippen LogP contribution in [0.2, 0.25) is 0 Å². The second-order valence-electron chi connectivity index (χ2n) is 6.55. The predicted molar refractivity (Wildman–Crippen MR) is 114 cm³/mol. The molecule has 9 nitrogen and oxygen atoms in total. The lowest BCUT2D eigenvalue weighted by atomic mass is 10.2. The van der Waals surface area contributed by atoms with Crippen LogP contribution in [0.3, 0.4) is 0 Å². The van der Waals surface area contributed by atoms with Crippen LogP contribution >= 0.6 is 11.8 Å². The van der Waals surface area contributed by atoms with Gasteiger partial charge in [-0.1, -0.05) is 36.4 Å². The summed E-state index contributed by atoms with van der Waals surface area (Å²) in [5.74, 6) is -1.03. The van der Waals surface area contributed by atoms with Gasteiger partial charge in [-0.15, -0.1) is 0 Å². The van der Waals surface area contributed by atoms with Crippen molar-refractivity contribution in [1.82, 2.24) is 9.55 Å². The highest BCUT2D eigenvalue weighted by molar-refractivity contribution is 8.14. The number of anilines is 2. The Morgan fingerprint density at radius 1 is 1.24 bits per heavy atom. The third-order valence-electron chi connectivity index (χ3n) is 4.38. The Bertz CT molecular complexity index is 1100. The molecule has 0 spiro atoms. The number of nitrogens with zero attached hydrogens (tertiary/aromatic N) is 3. The minimum Gasteiger partial charge on any atom is -0.384 e. The molecule has 1 amide bonds. The number of Topliss-reactive ketones (excluding diaryl/α,β-unsaturated/α-hetero) is 1. The van der Waals surface area contributed by atoms with Gasteiger partial charge in [-0.25, -0.2) is 4.79 Å². The van der Waals surface area contributed by atoms with Crippen LogP contribution < -0.4 is 21.9 Å². The molecule has 0 aliphatic carbocycles. The normalized spacial score (nSPS) is 13.7. The van der Waals surface area contributed by atoms with E-state index in [1.807, 2.05) is 26.0 Å². The van der Waals surface area contributed by atoms with Gasteiger partial charge in [0.05, 0.1) is 11.4 Å². The molecule has 3 N–H and O–H groups in total. The van der Waals surface area contributed by atoms with Crippen molar-refractivity contribution in [3.8, 4) is 0 Å². The molecule has 152 valence electrons. The van der Waals surface area contributed by atoms with E-state index in [9.17, 15) is 19.2 Å². The number of carbonyl (C=O) groups excluding carboxylic acids is 2. The van der Waals surface area contributed by atoms with E-state index in [1.54, 1.807) is 12.1 Å². The number of aromatic amines is 1. The smallest absolute Gasteiger partial charge is 0.329 e. The van der Waals surface area contributed by atoms with Crippen molar-refractivity contribution in [2.75, 3.05) is 22.9 Å². The number of ketones is 1. The first-order valence-electron chi connectivity index (χ1n) is 9.06. The van der Waals surface area contributed by atoms with E-state index >= 15 is 0 Å². The number of aliphatic imine (C=N–C) groups is 1. The highest BCUT2D eigenvalue weighted by Gasteiger charge is 2.29. The fraction of sp³-hybridized carbons (Fsp3) is 0.316. The van der Waals surface area contributed by atoms with E-state index in [2.05, 4.69) is 9.98 Å². The van der Waals surface area contributed by atoms with E-state index in [0.717, 1.165) is 17.3 Å². The largest absolute Gasteiger partial charge is 0.384 e. The van der Waals surface area contributed by atoms with Crippen LogP contribution in [0, 0.1) is 6.92 Å². The molecule has 0 fully saturated rings. The molecule has 29 heavy (non-hydrogen) atoms. The molecule has 1 aromatic heterocycles. The van der Waals surface area contributed by atoms with Crippen LogP contribution in [0.4, 0.5) is 11.5 Å². The van der Waals surface area contributed by atoms with Gasteiger partial charge in [-0.2, -0.15) is 0 Å². The SMILES string of the molecule is CCCn1c(N)c(C(=O)CSC2=NCC(=O)N2c2ccc(C)cc2)c(=O)[nH]c1=O. The van der Waals surface area contributed by atoms with E-state index in [-0.39, 0.29) is 36.1 Å². The number of aryl methyl sites for hydroxylation is 1. The third kappa shape index (κ3) is 4.16. The number of hydrogen-bond acceptors (Lipinski definition) is 7. The van der Waals surface area contributed by atoms with Gasteiger partial charge >= 0.3 is 5.69 Å². The van der Waals surface area contributed by atoms with Gasteiger partial charge in [-0.3, -0.25) is 33.8 Å². The fourth-order valence-corrected chi connectivity index (χ4v) is 3.84. The summed E-state index contributed by atoms with van der Waals surface area (Å²) in [6.45, 7) is 4.08. The van der Waals surface area contributed by atoms with Gasteiger partial charge in [0, 0.05) is 6.54 Å². The van der Waals surface area contributed by atoms with Crippen molar-refractivity contribution >= 4 is 40.1 Å². The minimum absolute atomic E-state index is 0.00546. The van der Waals surface area contributed by atoms with Gasteiger partial charge in [0.2, 0.25) is 0 Å². The average molecular weight is 415 g/mol. The Morgan fingerprint density at radius 2 is 1.93 bits per heavy atom. The lowest BCUT2D eigenvalue weighted by molar-refractivity contribution is -0.115. The number of amides is 1. The number of hydrogen-bond donors (Lipinski definition) is 2. The molecule has 0 unspecified atom stereocenters. The highest BCUT2D eigenvalue weighted by atomic mass is 32.2. The number of aromatic nitrogens is 2. The zero-order valence-corrected chi connectivity index (χ0v) is 16.9. The summed E-state index contributed by atoms with van der Waals surface area (Å²) in [7, 11) is 0. The number of nitrogens with two attached hydrogens (primary N) is 1. The zero-order valence-electron chi connectivity index (χ0n) is 16.1. The molecule has 0 radical (unpaired) electrons. The molecule has 0 atom stereocenters. The molecule has 1 aliphatic heterocycles. The molecule has 2 heterocycles. The van der Waals surface area contributed by atoms with Crippen LogP contribution in [0.5, 0.6) is 0 Å². The van der Waals surface area contributed by atoms with Crippen molar-refractivity contribution in [1.29, 1.82) is 0 Å². The number of thioether (sulfide) groups is 1. The average Bonchev–Trinajstić information content (AvgIpc) is 3.04. The first kappa shape index (κ1) is 20.6. The Hall–Kier alpha value is -3.14. The number of rotatable bonds is 6. The second-order valence-corrected chi connectivity index (χ2v) is 7.49. The molecule has 1 aromatic carbocycles. The molecular formula is C19H21N5O4S. The van der Waals surface area contributed by atoms with Crippen LogP contribution in [-0.4, -0.2) is 38.7 Å². The van der Waals surface area contributed by atoms with Crippen molar-refractivity contribution in [2.24, 2.45) is 4.99 Å². The maximum atomic E-state index is 12.7. The van der Waals surface area contributed by atoms with Crippen LogP contribution in [0.25, 0.3) is 0 Å². The van der Waals surface area contributed by atoms with Crippen LogP contribution in [0.15, 0.2) is 38.8 Å². The molecule has 2 aromatic rings. The molecule has 0 saturated heterocycles. The number of nitrogen functional groups attached to an aromatic ring is 1. The first-order chi connectivity index (χ1) is 13.8. The summed E-state index contributed by atoms with van der Waals surface area (Å²) in [6.07, 6.45) is 0.614. The molecule has 3 rings (SSSR count). The number of H-pyrrole nitrogens is 1. The monoisotopic (exact) mass is 415 g/mol. The summed E-state index contributed by atoms with van der Waals surface area (Å²) in [5.41, 5.74) is 5.93. The number of nitrogens with one attached hydrogen (secondary N) is 1. The van der Waals surface area contributed by atoms with E-state index in [1.165, 1.54) is 9.47 Å². The summed E-state index contributed by atoms with van der Waals surface area (Å²) in [6, 6.07) is 7.37. The Balaban J connectivity index is 1.81. The molecule has 10 heteroatoms. The fourth-order valence-electron chi connectivity index (χ4n) is 2.95. The standard InChI is InChI=1S/C19H21N5O4S/c1-3-8-23-16(20)15(17(27)22-18(23)28)13(25)10-29-19-21-9-14(26)24(19)12-6-4-11(2)5-7-12/h4-7H,3,8-10,20H2,1-2H3,(H,22,27,28). The maximum absolute atomic E-state index is 12.7.